The van der Waals surface area contributed by atoms with Crippen LogP contribution in [0.15, 0.2) is 52.3 Å². The van der Waals surface area contributed by atoms with Gasteiger partial charge in [0, 0.05) is 19.3 Å². The maximum Gasteiger partial charge on any atom is 0.261 e. The normalized spacial score (nSPS) is 15.4. The van der Waals surface area contributed by atoms with Crippen LogP contribution in [0.4, 0.5) is 5.69 Å². The first kappa shape index (κ1) is 16.6. The predicted molar refractivity (Wildman–Crippen MR) is 91.8 cm³/mol. The molecule has 1 N–H and O–H groups in total. The van der Waals surface area contributed by atoms with Crippen molar-refractivity contribution in [2.45, 2.75) is 36.7 Å². The van der Waals surface area contributed by atoms with E-state index in [4.69, 9.17) is 4.74 Å². The Hall–Kier alpha value is -2.28. The summed E-state index contributed by atoms with van der Waals surface area (Å²) in [5.74, 6) is 0.683. The molecule has 0 spiro atoms. The lowest BCUT2D eigenvalue weighted by atomic mass is 10.3. The maximum atomic E-state index is 12.4. The first-order valence-electron chi connectivity index (χ1n) is 7.90. The molecule has 1 saturated carbocycles. The molecule has 1 aromatic heterocycles. The van der Waals surface area contributed by atoms with Gasteiger partial charge in [-0.2, -0.15) is 0 Å². The van der Waals surface area contributed by atoms with Gasteiger partial charge in [-0.3, -0.25) is 9.52 Å². The lowest BCUT2D eigenvalue weighted by Gasteiger charge is -2.13. The largest absolute Gasteiger partial charge is 0.490 e. The van der Waals surface area contributed by atoms with Crippen molar-refractivity contribution < 1.29 is 13.2 Å². The van der Waals surface area contributed by atoms with E-state index in [1.165, 1.54) is 47.9 Å². The predicted octanol–water partition coefficient (Wildman–Crippen LogP) is 2.51. The van der Waals surface area contributed by atoms with E-state index < -0.39 is 10.0 Å². The Labute approximate surface area is 141 Å². The molecule has 1 aromatic carbocycles. The number of sulfonamides is 1. The smallest absolute Gasteiger partial charge is 0.261 e. The van der Waals surface area contributed by atoms with Crippen molar-refractivity contribution in [3.05, 3.63) is 52.9 Å². The second-order valence-electron chi connectivity index (χ2n) is 5.97. The Morgan fingerprint density at radius 2 is 1.75 bits per heavy atom. The standard InChI is InChI=1S/C17H20N2O4S/c1-19-12-13(6-11-17(19)20)18-24(21,22)16-9-7-15(8-10-16)23-14-4-2-3-5-14/h6-12,14,18H,2-5H2,1H3. The Balaban J connectivity index is 1.73. The summed E-state index contributed by atoms with van der Waals surface area (Å²) in [5.41, 5.74) is 0.134. The van der Waals surface area contributed by atoms with Crippen molar-refractivity contribution in [3.8, 4) is 5.75 Å². The molecular formula is C17H20N2O4S. The molecule has 1 fully saturated rings. The van der Waals surface area contributed by atoms with Gasteiger partial charge in [0.05, 0.1) is 16.7 Å². The molecule has 3 rings (SSSR count). The second-order valence-corrected chi connectivity index (χ2v) is 7.65. The second kappa shape index (κ2) is 6.68. The number of benzene rings is 1. The Morgan fingerprint density at radius 1 is 1.08 bits per heavy atom. The van der Waals surface area contributed by atoms with Crippen LogP contribution in [0.3, 0.4) is 0 Å². The highest BCUT2D eigenvalue weighted by Gasteiger charge is 2.18. The molecule has 24 heavy (non-hydrogen) atoms. The molecule has 0 bridgehead atoms. The fourth-order valence-electron chi connectivity index (χ4n) is 2.76. The van der Waals surface area contributed by atoms with Crippen molar-refractivity contribution in [1.82, 2.24) is 4.57 Å². The van der Waals surface area contributed by atoms with Crippen LogP contribution in [0.5, 0.6) is 5.75 Å². The molecule has 0 atom stereocenters. The minimum atomic E-state index is -3.71. The third kappa shape index (κ3) is 3.79. The van der Waals surface area contributed by atoms with Crippen LogP contribution in [-0.4, -0.2) is 19.1 Å². The molecule has 0 amide bonds. The average molecular weight is 348 g/mol. The quantitative estimate of drug-likeness (QED) is 0.901. The fourth-order valence-corrected chi connectivity index (χ4v) is 3.81. The zero-order chi connectivity index (χ0) is 17.2. The van der Waals surface area contributed by atoms with Crippen LogP contribution in [0, 0.1) is 0 Å². The van der Waals surface area contributed by atoms with Crippen LogP contribution in [0.25, 0.3) is 0 Å². The average Bonchev–Trinajstić information content (AvgIpc) is 3.04. The number of hydrogen-bond acceptors (Lipinski definition) is 4. The van der Waals surface area contributed by atoms with Gasteiger partial charge < -0.3 is 9.30 Å². The molecule has 0 unspecified atom stereocenters. The number of nitrogens with one attached hydrogen (secondary N) is 1. The SMILES string of the molecule is Cn1cc(NS(=O)(=O)c2ccc(OC3CCCC3)cc2)ccc1=O. The number of aryl methyl sites for hydroxylation is 1. The number of hydrogen-bond donors (Lipinski definition) is 1. The molecular weight excluding hydrogens is 328 g/mol. The van der Waals surface area contributed by atoms with E-state index in [-0.39, 0.29) is 16.6 Å². The Morgan fingerprint density at radius 3 is 2.38 bits per heavy atom. The number of ether oxygens (including phenoxy) is 1. The zero-order valence-electron chi connectivity index (χ0n) is 13.4. The fraction of sp³-hybridized carbons (Fsp3) is 0.353. The van der Waals surface area contributed by atoms with Crippen molar-refractivity contribution >= 4 is 15.7 Å². The Kier molecular flexibility index (Phi) is 4.62. The van der Waals surface area contributed by atoms with E-state index in [0.717, 1.165) is 12.8 Å². The number of anilines is 1. The van der Waals surface area contributed by atoms with E-state index in [2.05, 4.69) is 4.72 Å². The van der Waals surface area contributed by atoms with Crippen molar-refractivity contribution in [3.63, 3.8) is 0 Å². The molecule has 1 heterocycles. The highest BCUT2D eigenvalue weighted by molar-refractivity contribution is 7.92. The van der Waals surface area contributed by atoms with Gasteiger partial charge in [0.1, 0.15) is 5.75 Å². The summed E-state index contributed by atoms with van der Waals surface area (Å²) >= 11 is 0. The third-order valence-corrected chi connectivity index (χ3v) is 5.47. The highest BCUT2D eigenvalue weighted by Crippen LogP contribution is 2.25. The van der Waals surface area contributed by atoms with Gasteiger partial charge in [0.25, 0.3) is 10.0 Å². The molecule has 2 aromatic rings. The molecule has 0 aliphatic heterocycles. The molecule has 6 nitrogen and oxygen atoms in total. The van der Waals surface area contributed by atoms with Crippen LogP contribution in [0.1, 0.15) is 25.7 Å². The van der Waals surface area contributed by atoms with E-state index >= 15 is 0 Å². The lowest BCUT2D eigenvalue weighted by molar-refractivity contribution is 0.210. The summed E-state index contributed by atoms with van der Waals surface area (Å²) in [5, 5.41) is 0. The highest BCUT2D eigenvalue weighted by atomic mass is 32.2. The number of nitrogens with zero attached hydrogens (tertiary/aromatic N) is 1. The van der Waals surface area contributed by atoms with Crippen LogP contribution in [-0.2, 0) is 17.1 Å². The number of rotatable bonds is 5. The van der Waals surface area contributed by atoms with E-state index in [1.807, 2.05) is 0 Å². The molecule has 1 aliphatic rings. The van der Waals surface area contributed by atoms with Crippen LogP contribution < -0.4 is 15.0 Å². The molecule has 0 radical (unpaired) electrons. The maximum absolute atomic E-state index is 12.4. The van der Waals surface area contributed by atoms with Crippen LogP contribution >= 0.6 is 0 Å². The van der Waals surface area contributed by atoms with Gasteiger partial charge in [0.2, 0.25) is 5.56 Å². The summed E-state index contributed by atoms with van der Waals surface area (Å²) in [4.78, 5) is 11.5. The van der Waals surface area contributed by atoms with Gasteiger partial charge >= 0.3 is 0 Å². The molecule has 0 saturated heterocycles. The Bertz CT molecular complexity index is 866. The zero-order valence-corrected chi connectivity index (χ0v) is 14.3. The van der Waals surface area contributed by atoms with Crippen molar-refractivity contribution in [2.75, 3.05) is 4.72 Å². The van der Waals surface area contributed by atoms with Crippen molar-refractivity contribution in [2.24, 2.45) is 7.05 Å². The summed E-state index contributed by atoms with van der Waals surface area (Å²) in [6, 6.07) is 9.15. The van der Waals surface area contributed by atoms with Gasteiger partial charge in [-0.05, 0) is 56.0 Å². The van der Waals surface area contributed by atoms with Gasteiger partial charge in [-0.25, -0.2) is 8.42 Å². The lowest BCUT2D eigenvalue weighted by Crippen LogP contribution is -2.18. The summed E-state index contributed by atoms with van der Waals surface area (Å²) < 4.78 is 34.4. The molecule has 128 valence electrons. The number of aromatic nitrogens is 1. The number of pyridine rings is 1. The third-order valence-electron chi connectivity index (χ3n) is 4.08. The van der Waals surface area contributed by atoms with Crippen LogP contribution in [0.2, 0.25) is 0 Å². The van der Waals surface area contributed by atoms with Gasteiger partial charge in [-0.15, -0.1) is 0 Å². The van der Waals surface area contributed by atoms with Gasteiger partial charge in [-0.1, -0.05) is 0 Å². The van der Waals surface area contributed by atoms with E-state index in [0.29, 0.717) is 11.4 Å². The summed E-state index contributed by atoms with van der Waals surface area (Å²) in [6.07, 6.45) is 6.14. The van der Waals surface area contributed by atoms with E-state index in [1.54, 1.807) is 19.2 Å². The van der Waals surface area contributed by atoms with Gasteiger partial charge in [0.15, 0.2) is 0 Å². The monoisotopic (exact) mass is 348 g/mol. The minimum absolute atomic E-state index is 0.148. The first-order chi connectivity index (χ1) is 11.4. The topological polar surface area (TPSA) is 77.4 Å². The summed E-state index contributed by atoms with van der Waals surface area (Å²) in [7, 11) is -2.14. The summed E-state index contributed by atoms with van der Waals surface area (Å²) in [6.45, 7) is 0. The molecule has 7 heteroatoms. The van der Waals surface area contributed by atoms with E-state index in [9.17, 15) is 13.2 Å². The minimum Gasteiger partial charge on any atom is -0.490 e. The molecule has 1 aliphatic carbocycles. The van der Waals surface area contributed by atoms with Crippen molar-refractivity contribution in [1.29, 1.82) is 0 Å². The first-order valence-corrected chi connectivity index (χ1v) is 9.38.